The number of carbonyl (C=O) groups excluding carboxylic acids is 1. The van der Waals surface area contributed by atoms with Crippen LogP contribution in [0, 0.1) is 19.8 Å². The van der Waals surface area contributed by atoms with E-state index in [1.807, 2.05) is 58.0 Å². The number of halogens is 1. The van der Waals surface area contributed by atoms with Gasteiger partial charge in [0, 0.05) is 22.0 Å². The van der Waals surface area contributed by atoms with E-state index >= 15 is 0 Å². The van der Waals surface area contributed by atoms with Crippen molar-refractivity contribution in [2.45, 2.75) is 50.2 Å². The number of nitrogens with two attached hydrogens (primary N) is 1. The number of benzene rings is 1. The van der Waals surface area contributed by atoms with Crippen molar-refractivity contribution in [2.24, 2.45) is 11.7 Å². The molecule has 3 N–H and O–H groups in total. The maximum atomic E-state index is 12.1. The molecular weight excluding hydrogens is 356 g/mol. The number of nitrogens with one attached hydrogen (secondary N) is 1. The largest absolute Gasteiger partial charge is 0.325 e. The van der Waals surface area contributed by atoms with Gasteiger partial charge in [0.1, 0.15) is 0 Å². The standard InChI is InChI=1S/C18H24N4OS.ClH/c1-5-11(2)16(19)17(23)22-14-6-8-15(9-7-14)24-18-20-12(3)10-13(4)21-18;/h6-11,16H,5,19H2,1-4H3,(H,22,23);1H. The zero-order valence-electron chi connectivity index (χ0n) is 14.9. The average molecular weight is 381 g/mol. The van der Waals surface area contributed by atoms with E-state index in [1.54, 1.807) is 0 Å². The molecule has 2 atom stereocenters. The molecule has 0 aliphatic carbocycles. The molecule has 2 rings (SSSR count). The van der Waals surface area contributed by atoms with E-state index in [0.29, 0.717) is 0 Å². The van der Waals surface area contributed by atoms with Gasteiger partial charge in [0.15, 0.2) is 5.16 Å². The highest BCUT2D eigenvalue weighted by Crippen LogP contribution is 2.26. The minimum atomic E-state index is -0.493. The number of aryl methyl sites for hydroxylation is 2. The molecule has 1 amide bonds. The quantitative estimate of drug-likeness (QED) is 0.741. The van der Waals surface area contributed by atoms with Crippen molar-refractivity contribution in [3.05, 3.63) is 41.7 Å². The Labute approximate surface area is 159 Å². The van der Waals surface area contributed by atoms with Crippen LogP contribution in [-0.4, -0.2) is 21.9 Å². The van der Waals surface area contributed by atoms with Gasteiger partial charge in [0.2, 0.25) is 5.91 Å². The SMILES string of the molecule is CCC(C)C(N)C(=O)Nc1ccc(Sc2nc(C)cc(C)n2)cc1.Cl. The Bertz CT molecular complexity index is 688. The van der Waals surface area contributed by atoms with Crippen molar-refractivity contribution in [3.8, 4) is 0 Å². The predicted molar refractivity (Wildman–Crippen MR) is 105 cm³/mol. The summed E-state index contributed by atoms with van der Waals surface area (Å²) >= 11 is 1.50. The van der Waals surface area contributed by atoms with Crippen LogP contribution in [0.15, 0.2) is 40.4 Å². The summed E-state index contributed by atoms with van der Waals surface area (Å²) in [4.78, 5) is 22.0. The molecular formula is C18H25ClN4OS. The second-order valence-corrected chi connectivity index (χ2v) is 7.00. The van der Waals surface area contributed by atoms with Gasteiger partial charge in [-0.25, -0.2) is 9.97 Å². The van der Waals surface area contributed by atoms with Crippen molar-refractivity contribution >= 4 is 35.8 Å². The van der Waals surface area contributed by atoms with E-state index in [2.05, 4.69) is 15.3 Å². The highest BCUT2D eigenvalue weighted by atomic mass is 35.5. The third-order valence-corrected chi connectivity index (χ3v) is 4.73. The minimum Gasteiger partial charge on any atom is -0.325 e. The monoisotopic (exact) mass is 380 g/mol. The van der Waals surface area contributed by atoms with Crippen molar-refractivity contribution < 1.29 is 4.79 Å². The Morgan fingerprint density at radius 3 is 2.28 bits per heavy atom. The van der Waals surface area contributed by atoms with Crippen LogP contribution in [0.3, 0.4) is 0 Å². The van der Waals surface area contributed by atoms with Crippen LogP contribution in [0.1, 0.15) is 31.7 Å². The fourth-order valence-corrected chi connectivity index (χ4v) is 3.05. The number of anilines is 1. The number of nitrogens with zero attached hydrogens (tertiary/aromatic N) is 2. The molecule has 2 unspecified atom stereocenters. The number of rotatable bonds is 6. The molecule has 7 heteroatoms. The highest BCUT2D eigenvalue weighted by molar-refractivity contribution is 7.99. The van der Waals surface area contributed by atoms with Gasteiger partial charge in [0.05, 0.1) is 6.04 Å². The molecule has 25 heavy (non-hydrogen) atoms. The maximum Gasteiger partial charge on any atom is 0.241 e. The Balaban J connectivity index is 0.00000312. The molecule has 0 spiro atoms. The lowest BCUT2D eigenvalue weighted by Crippen LogP contribution is -2.40. The normalized spacial score (nSPS) is 12.8. The van der Waals surface area contributed by atoms with Gasteiger partial charge in [-0.15, -0.1) is 12.4 Å². The summed E-state index contributed by atoms with van der Waals surface area (Å²) in [7, 11) is 0. The van der Waals surface area contributed by atoms with Crippen LogP contribution in [-0.2, 0) is 4.79 Å². The number of aromatic nitrogens is 2. The average Bonchev–Trinajstić information content (AvgIpc) is 2.54. The molecule has 0 saturated carbocycles. The summed E-state index contributed by atoms with van der Waals surface area (Å²) in [6.07, 6.45) is 0.875. The molecule has 5 nitrogen and oxygen atoms in total. The summed E-state index contributed by atoms with van der Waals surface area (Å²) < 4.78 is 0. The van der Waals surface area contributed by atoms with E-state index in [-0.39, 0.29) is 24.2 Å². The third-order valence-electron chi connectivity index (χ3n) is 3.85. The van der Waals surface area contributed by atoms with Gasteiger partial charge in [-0.3, -0.25) is 4.79 Å². The van der Waals surface area contributed by atoms with Crippen LogP contribution >= 0.6 is 24.2 Å². The Morgan fingerprint density at radius 1 is 1.20 bits per heavy atom. The molecule has 0 aliphatic heterocycles. The first-order valence-corrected chi connectivity index (χ1v) is 8.87. The lowest BCUT2D eigenvalue weighted by Gasteiger charge is -2.17. The molecule has 0 radical (unpaired) electrons. The zero-order chi connectivity index (χ0) is 17.7. The van der Waals surface area contributed by atoms with Crippen molar-refractivity contribution in [2.75, 3.05) is 5.32 Å². The number of carbonyl (C=O) groups is 1. The smallest absolute Gasteiger partial charge is 0.241 e. The number of amides is 1. The van der Waals surface area contributed by atoms with Crippen LogP contribution in [0.25, 0.3) is 0 Å². The molecule has 1 aromatic carbocycles. The van der Waals surface area contributed by atoms with Gasteiger partial charge in [0.25, 0.3) is 0 Å². The third kappa shape index (κ3) is 6.30. The van der Waals surface area contributed by atoms with Crippen LogP contribution in [0.4, 0.5) is 5.69 Å². The van der Waals surface area contributed by atoms with Gasteiger partial charge < -0.3 is 11.1 Å². The lowest BCUT2D eigenvalue weighted by molar-refractivity contribution is -0.118. The summed E-state index contributed by atoms with van der Waals surface area (Å²) in [5.41, 5.74) is 8.59. The summed E-state index contributed by atoms with van der Waals surface area (Å²) in [5, 5.41) is 3.59. The number of hydrogen-bond acceptors (Lipinski definition) is 5. The number of hydrogen-bond donors (Lipinski definition) is 2. The first kappa shape index (κ1) is 21.4. The van der Waals surface area contributed by atoms with Gasteiger partial charge in [-0.05, 0) is 61.9 Å². The van der Waals surface area contributed by atoms with E-state index in [1.165, 1.54) is 11.8 Å². The molecule has 1 aromatic heterocycles. The molecule has 0 bridgehead atoms. The van der Waals surface area contributed by atoms with Gasteiger partial charge in [-0.2, -0.15) is 0 Å². The second kappa shape index (κ2) is 9.75. The maximum absolute atomic E-state index is 12.1. The van der Waals surface area contributed by atoms with Gasteiger partial charge in [-0.1, -0.05) is 20.3 Å². The van der Waals surface area contributed by atoms with E-state index < -0.39 is 6.04 Å². The Hall–Kier alpha value is -1.63. The Morgan fingerprint density at radius 2 is 1.76 bits per heavy atom. The molecule has 136 valence electrons. The van der Waals surface area contributed by atoms with Crippen LogP contribution < -0.4 is 11.1 Å². The molecule has 1 heterocycles. The van der Waals surface area contributed by atoms with E-state index in [9.17, 15) is 4.79 Å². The van der Waals surface area contributed by atoms with Gasteiger partial charge >= 0.3 is 0 Å². The fourth-order valence-electron chi connectivity index (χ4n) is 2.19. The molecule has 0 saturated heterocycles. The zero-order valence-corrected chi connectivity index (χ0v) is 16.6. The molecule has 0 fully saturated rings. The Kier molecular flexibility index (Phi) is 8.35. The summed E-state index contributed by atoms with van der Waals surface area (Å²) in [6.45, 7) is 7.92. The molecule has 0 aliphatic rings. The first-order chi connectivity index (χ1) is 11.4. The minimum absolute atomic E-state index is 0. The van der Waals surface area contributed by atoms with Crippen molar-refractivity contribution in [1.29, 1.82) is 0 Å². The first-order valence-electron chi connectivity index (χ1n) is 8.05. The predicted octanol–water partition coefficient (Wildman–Crippen LogP) is 3.98. The van der Waals surface area contributed by atoms with Crippen molar-refractivity contribution in [1.82, 2.24) is 9.97 Å². The highest BCUT2D eigenvalue weighted by Gasteiger charge is 2.19. The van der Waals surface area contributed by atoms with Crippen LogP contribution in [0.2, 0.25) is 0 Å². The molecule has 2 aromatic rings. The van der Waals surface area contributed by atoms with E-state index in [4.69, 9.17) is 5.73 Å². The lowest BCUT2D eigenvalue weighted by atomic mass is 9.99. The summed E-state index contributed by atoms with van der Waals surface area (Å²) in [5.74, 6) is 0.00364. The van der Waals surface area contributed by atoms with Crippen molar-refractivity contribution in [3.63, 3.8) is 0 Å². The summed E-state index contributed by atoms with van der Waals surface area (Å²) in [6, 6.07) is 9.07. The van der Waals surface area contributed by atoms with E-state index in [0.717, 1.165) is 33.5 Å². The van der Waals surface area contributed by atoms with Crippen LogP contribution in [0.5, 0.6) is 0 Å². The second-order valence-electron chi connectivity index (χ2n) is 5.96. The topological polar surface area (TPSA) is 80.9 Å². The fraction of sp³-hybridized carbons (Fsp3) is 0.389.